The van der Waals surface area contributed by atoms with Crippen LogP contribution in [0.4, 0.5) is 11.6 Å². The molecule has 3 aromatic rings. The molecule has 2 aromatic heterocycles. The molecule has 0 amide bonds. The van der Waals surface area contributed by atoms with Crippen LogP contribution in [0, 0.1) is 0 Å². The van der Waals surface area contributed by atoms with Gasteiger partial charge in [0.1, 0.15) is 6.10 Å². The van der Waals surface area contributed by atoms with E-state index in [9.17, 15) is 5.11 Å². The van der Waals surface area contributed by atoms with Gasteiger partial charge in [-0.2, -0.15) is 4.98 Å². The third-order valence-corrected chi connectivity index (χ3v) is 6.48. The summed E-state index contributed by atoms with van der Waals surface area (Å²) in [6, 6.07) is 8.36. The van der Waals surface area contributed by atoms with Crippen molar-refractivity contribution in [3.8, 4) is 17.0 Å². The van der Waals surface area contributed by atoms with Crippen molar-refractivity contribution in [2.24, 2.45) is 0 Å². The molecule has 3 N–H and O–H groups in total. The predicted octanol–water partition coefficient (Wildman–Crippen LogP) is 3.21. The van der Waals surface area contributed by atoms with Crippen molar-refractivity contribution >= 4 is 11.6 Å². The fourth-order valence-electron chi connectivity index (χ4n) is 4.63. The van der Waals surface area contributed by atoms with Crippen LogP contribution in [0.1, 0.15) is 42.5 Å². The van der Waals surface area contributed by atoms with Crippen molar-refractivity contribution in [1.82, 2.24) is 25.1 Å². The van der Waals surface area contributed by atoms with Crippen LogP contribution in [-0.4, -0.2) is 63.5 Å². The zero-order valence-electron chi connectivity index (χ0n) is 19.0. The molecule has 1 atom stereocenters. The number of piperidine rings is 1. The zero-order chi connectivity index (χ0) is 22.8. The van der Waals surface area contributed by atoms with Gasteiger partial charge in [-0.25, -0.2) is 4.98 Å². The standard InChI is InChI=1S/C24H30N6O3/c1-30-12-9-17(10-13-30)33-20-14-16(8-11-25-20)19-7-6-15-4-3-5-18(15)21(19)26-24-27-22(28-29-24)23(31)32-2/h6-8,11,14,17,23,31H,3-5,9-10,12-13H2,1-2H3,(H2,26,27,28,29). The number of H-pyrrole nitrogens is 1. The van der Waals surface area contributed by atoms with Crippen LogP contribution >= 0.6 is 0 Å². The lowest BCUT2D eigenvalue weighted by Gasteiger charge is -2.29. The van der Waals surface area contributed by atoms with Gasteiger partial charge in [0.2, 0.25) is 18.1 Å². The van der Waals surface area contributed by atoms with Gasteiger partial charge in [-0.1, -0.05) is 12.1 Å². The summed E-state index contributed by atoms with van der Waals surface area (Å²) in [6.07, 6.45) is 6.05. The molecule has 33 heavy (non-hydrogen) atoms. The summed E-state index contributed by atoms with van der Waals surface area (Å²) in [5.41, 5.74) is 5.67. The Labute approximate surface area is 193 Å². The van der Waals surface area contributed by atoms with Gasteiger partial charge in [0.25, 0.3) is 0 Å². The maximum absolute atomic E-state index is 9.87. The van der Waals surface area contributed by atoms with Crippen LogP contribution in [0.5, 0.6) is 5.88 Å². The molecule has 9 nitrogen and oxygen atoms in total. The molecule has 1 aromatic carbocycles. The maximum atomic E-state index is 9.87. The van der Waals surface area contributed by atoms with Crippen molar-refractivity contribution in [3.63, 3.8) is 0 Å². The summed E-state index contributed by atoms with van der Waals surface area (Å²) >= 11 is 0. The average Bonchev–Trinajstić information content (AvgIpc) is 3.50. The number of nitrogens with zero attached hydrogens (tertiary/aromatic N) is 4. The number of rotatable bonds is 7. The second kappa shape index (κ2) is 9.46. The predicted molar refractivity (Wildman–Crippen MR) is 124 cm³/mol. The van der Waals surface area contributed by atoms with E-state index < -0.39 is 6.29 Å². The summed E-state index contributed by atoms with van der Waals surface area (Å²) in [4.78, 5) is 11.1. The second-order valence-electron chi connectivity index (χ2n) is 8.74. The van der Waals surface area contributed by atoms with E-state index >= 15 is 0 Å². The summed E-state index contributed by atoms with van der Waals surface area (Å²) in [7, 11) is 3.56. The van der Waals surface area contributed by atoms with Gasteiger partial charge in [0.15, 0.2) is 5.82 Å². The van der Waals surface area contributed by atoms with E-state index in [-0.39, 0.29) is 11.9 Å². The van der Waals surface area contributed by atoms with Gasteiger partial charge >= 0.3 is 0 Å². The minimum absolute atomic E-state index is 0.195. The topological polar surface area (TPSA) is 108 Å². The Morgan fingerprint density at radius 2 is 2.06 bits per heavy atom. The number of aryl methyl sites for hydroxylation is 1. The lowest BCUT2D eigenvalue weighted by Crippen LogP contribution is -2.35. The Morgan fingerprint density at radius 3 is 2.88 bits per heavy atom. The van der Waals surface area contributed by atoms with Gasteiger partial charge < -0.3 is 24.8 Å². The molecule has 1 aliphatic carbocycles. The average molecular weight is 451 g/mol. The molecule has 1 fully saturated rings. The highest BCUT2D eigenvalue weighted by molar-refractivity contribution is 5.84. The Hall–Kier alpha value is -3.01. The van der Waals surface area contributed by atoms with Gasteiger partial charge in [-0.3, -0.25) is 5.10 Å². The highest BCUT2D eigenvalue weighted by Crippen LogP contribution is 2.39. The first-order valence-electron chi connectivity index (χ1n) is 11.5. The van der Waals surface area contributed by atoms with Gasteiger partial charge in [0.05, 0.1) is 5.69 Å². The first kappa shape index (κ1) is 21.8. The third-order valence-electron chi connectivity index (χ3n) is 6.48. The molecule has 2 aliphatic rings. The molecule has 1 saturated heterocycles. The van der Waals surface area contributed by atoms with E-state index in [0.717, 1.165) is 62.0 Å². The Kier molecular flexibility index (Phi) is 6.26. The van der Waals surface area contributed by atoms with Crippen LogP contribution in [0.25, 0.3) is 11.1 Å². The smallest absolute Gasteiger partial charge is 0.246 e. The SMILES string of the molecule is COC(O)c1nc(Nc2c(-c3ccnc(OC4CCN(C)CC4)c3)ccc3c2CCC3)n[nH]1. The van der Waals surface area contributed by atoms with Gasteiger partial charge in [-0.15, -0.1) is 5.10 Å². The van der Waals surface area contributed by atoms with Crippen LogP contribution in [-0.2, 0) is 17.6 Å². The monoisotopic (exact) mass is 450 g/mol. The molecule has 1 unspecified atom stereocenters. The largest absolute Gasteiger partial charge is 0.474 e. The molecular weight excluding hydrogens is 420 g/mol. The van der Waals surface area contributed by atoms with Crippen LogP contribution in [0.2, 0.25) is 0 Å². The Bertz CT molecular complexity index is 1110. The molecule has 3 heterocycles. The molecule has 0 spiro atoms. The van der Waals surface area contributed by atoms with Gasteiger partial charge in [0, 0.05) is 38.0 Å². The lowest BCUT2D eigenvalue weighted by molar-refractivity contribution is -0.0827. The first-order chi connectivity index (χ1) is 16.1. The number of anilines is 2. The van der Waals surface area contributed by atoms with Crippen molar-refractivity contribution in [1.29, 1.82) is 0 Å². The Morgan fingerprint density at radius 1 is 1.21 bits per heavy atom. The van der Waals surface area contributed by atoms with Crippen LogP contribution in [0.3, 0.4) is 0 Å². The minimum Gasteiger partial charge on any atom is -0.474 e. The third kappa shape index (κ3) is 4.71. The number of likely N-dealkylation sites (tertiary alicyclic amines) is 1. The van der Waals surface area contributed by atoms with Gasteiger partial charge in [-0.05, 0) is 61.9 Å². The number of hydrogen-bond acceptors (Lipinski definition) is 8. The number of nitrogens with one attached hydrogen (secondary N) is 2. The molecule has 9 heteroatoms. The maximum Gasteiger partial charge on any atom is 0.246 e. The fourth-order valence-corrected chi connectivity index (χ4v) is 4.63. The van der Waals surface area contributed by atoms with Crippen molar-refractivity contribution in [2.75, 3.05) is 32.6 Å². The Balaban J connectivity index is 1.44. The van der Waals surface area contributed by atoms with Crippen LogP contribution < -0.4 is 10.1 Å². The van der Waals surface area contributed by atoms with Crippen molar-refractivity contribution in [3.05, 3.63) is 47.4 Å². The van der Waals surface area contributed by atoms with E-state index in [4.69, 9.17) is 9.47 Å². The summed E-state index contributed by atoms with van der Waals surface area (Å²) in [5.74, 6) is 1.29. The highest BCUT2D eigenvalue weighted by Gasteiger charge is 2.22. The fraction of sp³-hybridized carbons (Fsp3) is 0.458. The molecule has 0 bridgehead atoms. The highest BCUT2D eigenvalue weighted by atomic mass is 16.6. The van der Waals surface area contributed by atoms with E-state index in [1.165, 1.54) is 18.2 Å². The second-order valence-corrected chi connectivity index (χ2v) is 8.74. The number of aliphatic hydroxyl groups is 1. The summed E-state index contributed by atoms with van der Waals surface area (Å²) in [6.45, 7) is 2.08. The van der Waals surface area contributed by atoms with Crippen molar-refractivity contribution in [2.45, 2.75) is 44.5 Å². The summed E-state index contributed by atoms with van der Waals surface area (Å²) < 4.78 is 11.1. The number of methoxy groups -OCH3 is 1. The number of aliphatic hydroxyl groups excluding tert-OH is 1. The molecule has 174 valence electrons. The van der Waals surface area contributed by atoms with E-state index in [0.29, 0.717) is 11.8 Å². The zero-order valence-corrected chi connectivity index (χ0v) is 19.0. The number of aromatic nitrogens is 4. The molecular formula is C24H30N6O3. The number of ether oxygens (including phenoxy) is 2. The molecule has 0 radical (unpaired) electrons. The van der Waals surface area contributed by atoms with Crippen molar-refractivity contribution < 1.29 is 14.6 Å². The minimum atomic E-state index is -1.14. The lowest BCUT2D eigenvalue weighted by atomic mass is 9.98. The van der Waals surface area contributed by atoms with E-state index in [1.54, 1.807) is 6.20 Å². The molecule has 1 aliphatic heterocycles. The molecule has 5 rings (SSSR count). The summed E-state index contributed by atoms with van der Waals surface area (Å²) in [5, 5.41) is 20.2. The number of benzene rings is 1. The quantitative estimate of drug-likeness (QED) is 0.471. The van der Waals surface area contributed by atoms with E-state index in [1.807, 2.05) is 12.1 Å². The van der Waals surface area contributed by atoms with Crippen LogP contribution in [0.15, 0.2) is 30.5 Å². The normalized spacial score (nSPS) is 17.7. The van der Waals surface area contributed by atoms with E-state index in [2.05, 4.69) is 49.6 Å². The number of fused-ring (bicyclic) bond motifs is 1. The first-order valence-corrected chi connectivity index (χ1v) is 11.5. The number of pyridine rings is 1. The number of aromatic amines is 1. The molecule has 0 saturated carbocycles. The number of hydrogen-bond donors (Lipinski definition) is 3.